The fourth-order valence-electron chi connectivity index (χ4n) is 3.46. The normalized spacial score (nSPS) is 11.5. The molecule has 0 saturated heterocycles. The Bertz CT molecular complexity index is 1130. The first kappa shape index (κ1) is 22.7. The van der Waals surface area contributed by atoms with Crippen LogP contribution in [-0.2, 0) is 28.7 Å². The van der Waals surface area contributed by atoms with Gasteiger partial charge in [0.15, 0.2) is 0 Å². The zero-order valence-electron chi connectivity index (χ0n) is 17.8. The summed E-state index contributed by atoms with van der Waals surface area (Å²) in [6.45, 7) is 3.83. The fraction of sp³-hybridized carbons (Fsp3) is 0.240. The summed E-state index contributed by atoms with van der Waals surface area (Å²) in [7, 11) is -3.45. The van der Waals surface area contributed by atoms with Crippen LogP contribution in [0.2, 0.25) is 0 Å². The molecule has 162 valence electrons. The van der Waals surface area contributed by atoms with Gasteiger partial charge in [0.2, 0.25) is 10.0 Å². The molecule has 0 aliphatic heterocycles. The maximum atomic E-state index is 12.9. The molecule has 2 N–H and O–H groups in total. The van der Waals surface area contributed by atoms with Crippen LogP contribution in [0.1, 0.15) is 46.5 Å². The number of rotatable bonds is 9. The monoisotopic (exact) mass is 436 g/mol. The van der Waals surface area contributed by atoms with Crippen LogP contribution in [0.4, 0.5) is 0 Å². The second kappa shape index (κ2) is 10.4. The van der Waals surface area contributed by atoms with Crippen LogP contribution in [0.25, 0.3) is 0 Å². The number of amides is 1. The summed E-state index contributed by atoms with van der Waals surface area (Å²) in [6.07, 6.45) is 0.667. The van der Waals surface area contributed by atoms with Crippen LogP contribution in [0.15, 0.2) is 78.9 Å². The molecular formula is C25H28N2O3S. The number of sulfonamides is 1. The minimum Gasteiger partial charge on any atom is -0.348 e. The molecule has 0 radical (unpaired) electrons. The van der Waals surface area contributed by atoms with E-state index in [0.29, 0.717) is 17.5 Å². The first-order chi connectivity index (χ1) is 14.8. The van der Waals surface area contributed by atoms with Crippen LogP contribution in [0.3, 0.4) is 0 Å². The number of carbonyl (C=O) groups excluding carboxylic acids is 1. The van der Waals surface area contributed by atoms with Crippen molar-refractivity contribution in [2.45, 2.75) is 38.6 Å². The lowest BCUT2D eigenvalue weighted by atomic mass is 9.99. The number of hydrogen-bond acceptors (Lipinski definition) is 3. The third kappa shape index (κ3) is 6.77. The van der Waals surface area contributed by atoms with Gasteiger partial charge in [-0.25, -0.2) is 13.1 Å². The Morgan fingerprint density at radius 2 is 1.39 bits per heavy atom. The molecule has 0 aliphatic rings. The highest BCUT2D eigenvalue weighted by molar-refractivity contribution is 7.88. The van der Waals surface area contributed by atoms with Crippen molar-refractivity contribution in [2.24, 2.45) is 0 Å². The smallest absolute Gasteiger partial charge is 0.251 e. The lowest BCUT2D eigenvalue weighted by Gasteiger charge is -2.14. The Morgan fingerprint density at radius 1 is 0.806 bits per heavy atom. The van der Waals surface area contributed by atoms with Crippen LogP contribution < -0.4 is 10.0 Å². The van der Waals surface area contributed by atoms with E-state index in [-0.39, 0.29) is 24.2 Å². The predicted molar refractivity (Wildman–Crippen MR) is 124 cm³/mol. The fourth-order valence-corrected chi connectivity index (χ4v) is 4.95. The first-order valence-corrected chi connectivity index (χ1v) is 12.0. The second-order valence-corrected chi connectivity index (χ2v) is 9.56. The lowest BCUT2D eigenvalue weighted by molar-refractivity contribution is 0.0950. The molecule has 0 fully saturated rings. The average Bonchev–Trinajstić information content (AvgIpc) is 2.73. The predicted octanol–water partition coefficient (Wildman–Crippen LogP) is 4.04. The van der Waals surface area contributed by atoms with Crippen molar-refractivity contribution >= 4 is 15.9 Å². The van der Waals surface area contributed by atoms with E-state index in [1.54, 1.807) is 26.0 Å². The summed E-state index contributed by atoms with van der Waals surface area (Å²) in [6, 6.07) is 24.7. The first-order valence-electron chi connectivity index (χ1n) is 10.3. The Kier molecular flexibility index (Phi) is 7.60. The topological polar surface area (TPSA) is 75.3 Å². The number of hydrogen-bond donors (Lipinski definition) is 2. The van der Waals surface area contributed by atoms with Crippen molar-refractivity contribution in [1.82, 2.24) is 10.0 Å². The standard InChI is InChI=1S/C25H28N2O3S/c1-19(2)27-31(29,30)18-23-14-7-6-13-22(23)17-26-25(28)24-15-9-8-12-21(24)16-20-10-4-3-5-11-20/h3-15,19,27H,16-18H2,1-2H3,(H,26,28). The van der Waals surface area contributed by atoms with E-state index in [1.165, 1.54) is 0 Å². The highest BCUT2D eigenvalue weighted by Crippen LogP contribution is 2.16. The Balaban J connectivity index is 1.72. The molecule has 3 aromatic rings. The average molecular weight is 437 g/mol. The second-order valence-electron chi connectivity index (χ2n) is 7.80. The molecule has 3 aromatic carbocycles. The van der Waals surface area contributed by atoms with Gasteiger partial charge in [-0.05, 0) is 48.6 Å². The molecule has 0 unspecified atom stereocenters. The van der Waals surface area contributed by atoms with Gasteiger partial charge in [0.25, 0.3) is 5.91 Å². The van der Waals surface area contributed by atoms with Crippen molar-refractivity contribution in [3.8, 4) is 0 Å². The Morgan fingerprint density at radius 3 is 2.06 bits per heavy atom. The Labute approximate surface area is 184 Å². The van der Waals surface area contributed by atoms with Crippen LogP contribution in [0, 0.1) is 0 Å². The van der Waals surface area contributed by atoms with Crippen molar-refractivity contribution in [2.75, 3.05) is 0 Å². The molecule has 0 aromatic heterocycles. The van der Waals surface area contributed by atoms with Crippen molar-refractivity contribution in [3.05, 3.63) is 107 Å². The van der Waals surface area contributed by atoms with E-state index in [2.05, 4.69) is 10.0 Å². The summed E-state index contributed by atoms with van der Waals surface area (Å²) < 4.78 is 27.3. The Hall–Kier alpha value is -2.96. The molecule has 6 heteroatoms. The molecule has 0 heterocycles. The van der Waals surface area contributed by atoms with E-state index in [9.17, 15) is 13.2 Å². The molecule has 0 saturated carbocycles. The van der Waals surface area contributed by atoms with E-state index in [0.717, 1.165) is 16.7 Å². The molecule has 0 aliphatic carbocycles. The third-order valence-electron chi connectivity index (χ3n) is 4.82. The van der Waals surface area contributed by atoms with Crippen LogP contribution in [-0.4, -0.2) is 20.4 Å². The molecule has 5 nitrogen and oxygen atoms in total. The molecular weight excluding hydrogens is 408 g/mol. The summed E-state index contributed by atoms with van der Waals surface area (Å²) in [5, 5.41) is 2.95. The van der Waals surface area contributed by atoms with Gasteiger partial charge in [0, 0.05) is 18.2 Å². The molecule has 31 heavy (non-hydrogen) atoms. The van der Waals surface area contributed by atoms with Gasteiger partial charge in [-0.3, -0.25) is 4.79 Å². The van der Waals surface area contributed by atoms with Gasteiger partial charge in [0.1, 0.15) is 0 Å². The van der Waals surface area contributed by atoms with E-state index >= 15 is 0 Å². The van der Waals surface area contributed by atoms with Gasteiger partial charge in [-0.15, -0.1) is 0 Å². The number of carbonyl (C=O) groups is 1. The summed E-state index contributed by atoms with van der Waals surface area (Å²) in [4.78, 5) is 12.9. The largest absolute Gasteiger partial charge is 0.348 e. The molecule has 1 amide bonds. The number of benzene rings is 3. The molecule has 0 atom stereocenters. The van der Waals surface area contributed by atoms with Gasteiger partial charge >= 0.3 is 0 Å². The van der Waals surface area contributed by atoms with Gasteiger partial charge < -0.3 is 5.32 Å². The minimum absolute atomic E-state index is 0.123. The maximum absolute atomic E-state index is 12.9. The zero-order chi connectivity index (χ0) is 22.3. The summed E-state index contributed by atoms with van der Waals surface area (Å²) >= 11 is 0. The highest BCUT2D eigenvalue weighted by atomic mass is 32.2. The maximum Gasteiger partial charge on any atom is 0.251 e. The van der Waals surface area contributed by atoms with E-state index in [1.807, 2.05) is 66.7 Å². The minimum atomic E-state index is -3.45. The molecule has 0 spiro atoms. The van der Waals surface area contributed by atoms with Crippen molar-refractivity contribution in [1.29, 1.82) is 0 Å². The summed E-state index contributed by atoms with van der Waals surface area (Å²) in [5.41, 5.74) is 4.16. The van der Waals surface area contributed by atoms with Gasteiger partial charge in [0.05, 0.1) is 5.75 Å². The van der Waals surface area contributed by atoms with Gasteiger partial charge in [-0.1, -0.05) is 72.8 Å². The lowest BCUT2D eigenvalue weighted by Crippen LogP contribution is -2.32. The zero-order valence-corrected chi connectivity index (χ0v) is 18.7. The molecule has 3 rings (SSSR count). The van der Waals surface area contributed by atoms with Crippen LogP contribution >= 0.6 is 0 Å². The van der Waals surface area contributed by atoms with Crippen molar-refractivity contribution < 1.29 is 13.2 Å². The number of nitrogens with one attached hydrogen (secondary N) is 2. The highest BCUT2D eigenvalue weighted by Gasteiger charge is 2.16. The molecule has 0 bridgehead atoms. The van der Waals surface area contributed by atoms with Crippen molar-refractivity contribution in [3.63, 3.8) is 0 Å². The SMILES string of the molecule is CC(C)NS(=O)(=O)Cc1ccccc1CNC(=O)c1ccccc1Cc1ccccc1. The van der Waals surface area contributed by atoms with E-state index < -0.39 is 10.0 Å². The third-order valence-corrected chi connectivity index (χ3v) is 6.34. The van der Waals surface area contributed by atoms with E-state index in [4.69, 9.17) is 0 Å². The van der Waals surface area contributed by atoms with Gasteiger partial charge in [-0.2, -0.15) is 0 Å². The summed E-state index contributed by atoms with van der Waals surface area (Å²) in [5.74, 6) is -0.300. The van der Waals surface area contributed by atoms with Crippen LogP contribution in [0.5, 0.6) is 0 Å². The quantitative estimate of drug-likeness (QED) is 0.532.